The van der Waals surface area contributed by atoms with Gasteiger partial charge in [0.05, 0.1) is 5.56 Å². The lowest BCUT2D eigenvalue weighted by molar-refractivity contribution is 0.303. The molecule has 2 aromatic rings. The maximum atomic E-state index is 9.83. The second-order valence-electron chi connectivity index (χ2n) is 4.45. The SMILES string of the molecule is CCN(CC)CCc1noc(-c2ccc(Cl)cc2O)n1. The van der Waals surface area contributed by atoms with E-state index in [-0.39, 0.29) is 5.75 Å². The normalized spacial score (nSPS) is 11.2. The van der Waals surface area contributed by atoms with E-state index in [2.05, 4.69) is 28.9 Å². The van der Waals surface area contributed by atoms with Crippen LogP contribution >= 0.6 is 11.6 Å². The number of aromatic hydroxyl groups is 1. The monoisotopic (exact) mass is 295 g/mol. The van der Waals surface area contributed by atoms with Crippen LogP contribution in [0.5, 0.6) is 5.75 Å². The highest BCUT2D eigenvalue weighted by atomic mass is 35.5. The van der Waals surface area contributed by atoms with E-state index in [1.807, 2.05) is 0 Å². The van der Waals surface area contributed by atoms with Gasteiger partial charge in [-0.2, -0.15) is 4.98 Å². The molecule has 1 N–H and O–H groups in total. The van der Waals surface area contributed by atoms with Crippen LogP contribution in [0.25, 0.3) is 11.5 Å². The van der Waals surface area contributed by atoms with Gasteiger partial charge < -0.3 is 14.5 Å². The van der Waals surface area contributed by atoms with Crippen LogP contribution in [-0.2, 0) is 6.42 Å². The molecule has 1 heterocycles. The maximum absolute atomic E-state index is 9.83. The molecule has 108 valence electrons. The molecule has 5 nitrogen and oxygen atoms in total. The van der Waals surface area contributed by atoms with Crippen LogP contribution in [0.3, 0.4) is 0 Å². The van der Waals surface area contributed by atoms with E-state index < -0.39 is 0 Å². The molecular weight excluding hydrogens is 278 g/mol. The summed E-state index contributed by atoms with van der Waals surface area (Å²) in [7, 11) is 0. The van der Waals surface area contributed by atoms with Gasteiger partial charge in [0.25, 0.3) is 5.89 Å². The van der Waals surface area contributed by atoms with Crippen molar-refractivity contribution in [3.63, 3.8) is 0 Å². The Labute approximate surface area is 123 Å². The van der Waals surface area contributed by atoms with Crippen LogP contribution in [0.2, 0.25) is 5.02 Å². The smallest absolute Gasteiger partial charge is 0.261 e. The molecule has 0 aliphatic carbocycles. The molecule has 0 atom stereocenters. The Bertz CT molecular complexity index is 567. The molecule has 0 bridgehead atoms. The first kappa shape index (κ1) is 14.8. The van der Waals surface area contributed by atoms with E-state index in [1.165, 1.54) is 6.07 Å². The molecule has 20 heavy (non-hydrogen) atoms. The van der Waals surface area contributed by atoms with Crippen molar-refractivity contribution in [2.75, 3.05) is 19.6 Å². The van der Waals surface area contributed by atoms with Crippen LogP contribution in [0.4, 0.5) is 0 Å². The standard InChI is InChI=1S/C14H18ClN3O2/c1-3-18(4-2)8-7-13-16-14(20-17-13)11-6-5-10(15)9-12(11)19/h5-6,9,19H,3-4,7-8H2,1-2H3. The molecule has 0 amide bonds. The third kappa shape index (κ3) is 3.49. The van der Waals surface area contributed by atoms with Gasteiger partial charge in [-0.05, 0) is 31.3 Å². The summed E-state index contributed by atoms with van der Waals surface area (Å²) in [5.74, 6) is 0.992. The van der Waals surface area contributed by atoms with Gasteiger partial charge in [0.15, 0.2) is 5.82 Å². The lowest BCUT2D eigenvalue weighted by Gasteiger charge is -2.16. The number of likely N-dealkylation sites (N-methyl/N-ethyl adjacent to an activating group) is 1. The molecule has 0 fully saturated rings. The van der Waals surface area contributed by atoms with Crippen molar-refractivity contribution in [2.24, 2.45) is 0 Å². The minimum absolute atomic E-state index is 0.0384. The summed E-state index contributed by atoms with van der Waals surface area (Å²) in [6, 6.07) is 4.80. The largest absolute Gasteiger partial charge is 0.507 e. The van der Waals surface area contributed by atoms with E-state index in [0.717, 1.165) is 26.1 Å². The second kappa shape index (κ2) is 6.72. The van der Waals surface area contributed by atoms with Crippen molar-refractivity contribution < 1.29 is 9.63 Å². The van der Waals surface area contributed by atoms with Crippen molar-refractivity contribution in [3.05, 3.63) is 29.0 Å². The van der Waals surface area contributed by atoms with Crippen molar-refractivity contribution >= 4 is 11.6 Å². The zero-order chi connectivity index (χ0) is 14.5. The van der Waals surface area contributed by atoms with Gasteiger partial charge in [-0.15, -0.1) is 0 Å². The molecule has 6 heteroatoms. The molecule has 0 saturated heterocycles. The van der Waals surface area contributed by atoms with E-state index in [0.29, 0.717) is 22.3 Å². The molecule has 0 saturated carbocycles. The molecule has 1 aromatic heterocycles. The summed E-state index contributed by atoms with van der Waals surface area (Å²) in [5.41, 5.74) is 0.496. The fourth-order valence-corrected chi connectivity index (χ4v) is 2.11. The first-order valence-corrected chi connectivity index (χ1v) is 7.05. The van der Waals surface area contributed by atoms with Crippen LogP contribution in [-0.4, -0.2) is 39.8 Å². The Balaban J connectivity index is 2.08. The predicted octanol–water partition coefficient (Wildman–Crippen LogP) is 2.98. The van der Waals surface area contributed by atoms with Crippen LogP contribution in [0.1, 0.15) is 19.7 Å². The average molecular weight is 296 g/mol. The number of phenols is 1. The number of nitrogens with zero attached hydrogens (tertiary/aromatic N) is 3. The molecule has 0 aliphatic rings. The van der Waals surface area contributed by atoms with E-state index in [1.54, 1.807) is 12.1 Å². The van der Waals surface area contributed by atoms with Gasteiger partial charge in [-0.25, -0.2) is 0 Å². The van der Waals surface area contributed by atoms with Gasteiger partial charge in [-0.3, -0.25) is 0 Å². The number of hydrogen-bond donors (Lipinski definition) is 1. The Hall–Kier alpha value is -1.59. The lowest BCUT2D eigenvalue weighted by Crippen LogP contribution is -2.25. The topological polar surface area (TPSA) is 62.4 Å². The summed E-state index contributed by atoms with van der Waals surface area (Å²) in [6.45, 7) is 7.13. The minimum Gasteiger partial charge on any atom is -0.507 e. The van der Waals surface area contributed by atoms with Crippen molar-refractivity contribution in [2.45, 2.75) is 20.3 Å². The third-order valence-corrected chi connectivity index (χ3v) is 3.44. The zero-order valence-electron chi connectivity index (χ0n) is 11.6. The van der Waals surface area contributed by atoms with Crippen LogP contribution in [0.15, 0.2) is 22.7 Å². The molecule has 0 spiro atoms. The van der Waals surface area contributed by atoms with Crippen molar-refractivity contribution in [1.29, 1.82) is 0 Å². The molecule has 2 rings (SSSR count). The number of halogens is 1. The first-order valence-electron chi connectivity index (χ1n) is 6.67. The summed E-state index contributed by atoms with van der Waals surface area (Å²) >= 11 is 5.79. The molecule has 0 aliphatic heterocycles. The van der Waals surface area contributed by atoms with Gasteiger partial charge in [0.2, 0.25) is 0 Å². The molecule has 1 aromatic carbocycles. The highest BCUT2D eigenvalue weighted by Gasteiger charge is 2.13. The maximum Gasteiger partial charge on any atom is 0.261 e. The Kier molecular flexibility index (Phi) is 4.98. The Morgan fingerprint density at radius 3 is 2.70 bits per heavy atom. The van der Waals surface area contributed by atoms with Crippen LogP contribution < -0.4 is 0 Å². The predicted molar refractivity (Wildman–Crippen MR) is 77.9 cm³/mol. The summed E-state index contributed by atoms with van der Waals surface area (Å²) < 4.78 is 5.19. The van der Waals surface area contributed by atoms with E-state index in [9.17, 15) is 5.11 Å². The van der Waals surface area contributed by atoms with Crippen molar-refractivity contribution in [3.8, 4) is 17.2 Å². The number of phenolic OH excluding ortho intramolecular Hbond substituents is 1. The van der Waals surface area contributed by atoms with Gasteiger partial charge in [0, 0.05) is 18.0 Å². The first-order chi connectivity index (χ1) is 9.63. The summed E-state index contributed by atoms with van der Waals surface area (Å²) in [5, 5.41) is 14.2. The zero-order valence-corrected chi connectivity index (χ0v) is 12.4. The second-order valence-corrected chi connectivity index (χ2v) is 4.89. The highest BCUT2D eigenvalue weighted by molar-refractivity contribution is 6.30. The summed E-state index contributed by atoms with van der Waals surface area (Å²) in [6.07, 6.45) is 0.722. The highest BCUT2D eigenvalue weighted by Crippen LogP contribution is 2.30. The van der Waals surface area contributed by atoms with Gasteiger partial charge >= 0.3 is 0 Å². The minimum atomic E-state index is 0.0384. The number of benzene rings is 1. The van der Waals surface area contributed by atoms with Gasteiger partial charge in [-0.1, -0.05) is 30.6 Å². The fraction of sp³-hybridized carbons (Fsp3) is 0.429. The number of hydrogen-bond acceptors (Lipinski definition) is 5. The molecule has 0 unspecified atom stereocenters. The van der Waals surface area contributed by atoms with Crippen LogP contribution in [0, 0.1) is 0 Å². The lowest BCUT2D eigenvalue weighted by atomic mass is 10.2. The molecule has 0 radical (unpaired) electrons. The van der Waals surface area contributed by atoms with E-state index >= 15 is 0 Å². The average Bonchev–Trinajstić information content (AvgIpc) is 2.88. The van der Waals surface area contributed by atoms with Crippen molar-refractivity contribution in [1.82, 2.24) is 15.0 Å². The van der Waals surface area contributed by atoms with E-state index in [4.69, 9.17) is 16.1 Å². The third-order valence-electron chi connectivity index (χ3n) is 3.20. The van der Waals surface area contributed by atoms with Gasteiger partial charge in [0.1, 0.15) is 5.75 Å². The Morgan fingerprint density at radius 2 is 2.05 bits per heavy atom. The molecular formula is C14H18ClN3O2. The number of aromatic nitrogens is 2. The summed E-state index contributed by atoms with van der Waals surface area (Å²) in [4.78, 5) is 6.59. The Morgan fingerprint density at radius 1 is 1.30 bits per heavy atom. The quantitative estimate of drug-likeness (QED) is 0.887. The number of rotatable bonds is 6. The fourth-order valence-electron chi connectivity index (χ4n) is 1.95.